The molecule has 16 rings (SSSR count). The molecule has 66 heavy (non-hydrogen) atoms. The van der Waals surface area contributed by atoms with E-state index in [9.17, 15) is 0 Å². The molecule has 0 bridgehead atoms. The molecule has 0 saturated carbocycles. The van der Waals surface area contributed by atoms with Crippen LogP contribution in [0.15, 0.2) is 195 Å². The molecule has 7 nitrogen and oxygen atoms in total. The number of hydrogen-bond acceptors (Lipinski definition) is 6. The molecule has 16 aromatic rings. The third-order valence-electron chi connectivity index (χ3n) is 13.8. The van der Waals surface area contributed by atoms with E-state index in [0.717, 1.165) is 130 Å². The average Bonchev–Trinajstić information content (AvgIpc) is 4.22. The predicted molar refractivity (Wildman–Crippen MR) is 271 cm³/mol. The van der Waals surface area contributed by atoms with Crippen LogP contribution in [-0.2, 0) is 0 Å². The number of oxazole rings is 1. The Kier molecular flexibility index (Phi) is 6.58. The molecule has 0 atom stereocenters. The maximum absolute atomic E-state index is 7.04. The molecule has 10 aromatic carbocycles. The summed E-state index contributed by atoms with van der Waals surface area (Å²) in [4.78, 5) is 10.3. The van der Waals surface area contributed by atoms with E-state index in [-0.39, 0.29) is 0 Å². The molecule has 0 N–H and O–H groups in total. The third-order valence-corrected chi connectivity index (χ3v) is 14.8. The van der Waals surface area contributed by atoms with Gasteiger partial charge in [-0.15, -0.1) is 0 Å². The lowest BCUT2D eigenvalue weighted by molar-refractivity contribution is 0.574. The van der Waals surface area contributed by atoms with Crippen LogP contribution in [0.25, 0.3) is 153 Å². The van der Waals surface area contributed by atoms with E-state index in [1.165, 1.54) is 16.2 Å². The summed E-state index contributed by atoms with van der Waals surface area (Å²) in [6.45, 7) is 0. The number of benzene rings is 10. The molecule has 0 radical (unpaired) electrons. The molecule has 0 unspecified atom stereocenters. The number of aromatic nitrogens is 4. The quantitative estimate of drug-likeness (QED) is 0.177. The number of hydrogen-bond donors (Lipinski definition) is 0. The van der Waals surface area contributed by atoms with Gasteiger partial charge in [-0.2, -0.15) is 4.98 Å². The first-order valence-electron chi connectivity index (χ1n) is 22.0. The van der Waals surface area contributed by atoms with Crippen molar-refractivity contribution in [3.05, 3.63) is 182 Å². The zero-order chi connectivity index (χ0) is 42.8. The van der Waals surface area contributed by atoms with Crippen LogP contribution in [0, 0.1) is 0 Å². The summed E-state index contributed by atoms with van der Waals surface area (Å²) in [7, 11) is 0. The summed E-state index contributed by atoms with van der Waals surface area (Å²) in [6, 6.07) is 64.7. The summed E-state index contributed by atoms with van der Waals surface area (Å²) in [6.07, 6.45) is 0. The molecule has 6 heterocycles. The van der Waals surface area contributed by atoms with Crippen molar-refractivity contribution in [2.75, 3.05) is 0 Å². The fourth-order valence-corrected chi connectivity index (χ4v) is 11.9. The number of thiazole rings is 1. The van der Waals surface area contributed by atoms with Crippen LogP contribution in [0.3, 0.4) is 0 Å². The highest BCUT2D eigenvalue weighted by Gasteiger charge is 2.26. The van der Waals surface area contributed by atoms with E-state index in [1.807, 2.05) is 30.3 Å². The predicted octanol–water partition coefficient (Wildman–Crippen LogP) is 16.4. The van der Waals surface area contributed by atoms with Gasteiger partial charge in [0.05, 0.1) is 26.8 Å². The van der Waals surface area contributed by atoms with Crippen molar-refractivity contribution >= 4 is 142 Å². The van der Waals surface area contributed by atoms with E-state index < -0.39 is 0 Å². The lowest BCUT2D eigenvalue weighted by Gasteiger charge is -2.07. The fraction of sp³-hybridized carbons (Fsp3) is 0. The van der Waals surface area contributed by atoms with E-state index in [0.29, 0.717) is 6.01 Å². The van der Waals surface area contributed by atoms with E-state index in [1.54, 1.807) is 11.3 Å². The van der Waals surface area contributed by atoms with Crippen LogP contribution in [0.1, 0.15) is 0 Å². The molecule has 0 aliphatic heterocycles. The highest BCUT2D eigenvalue weighted by Crippen LogP contribution is 2.48. The highest BCUT2D eigenvalue weighted by molar-refractivity contribution is 7.20. The number of fused-ring (bicyclic) bond motifs is 19. The maximum atomic E-state index is 7.04. The van der Waals surface area contributed by atoms with Gasteiger partial charge < -0.3 is 13.3 Å². The summed E-state index contributed by atoms with van der Waals surface area (Å²) in [5.74, 6) is 0. The van der Waals surface area contributed by atoms with Gasteiger partial charge in [0.2, 0.25) is 0 Å². The van der Waals surface area contributed by atoms with Gasteiger partial charge in [0.15, 0.2) is 16.3 Å². The molecule has 0 saturated heterocycles. The third kappa shape index (κ3) is 4.55. The SMILES string of the molecule is c1ccc2cc3c(cc2c1)c1cc2oc4c(-c5ccc6c7c8ccccc8c8c9ccccc9oc8c7n(-c7nc8ccccc8s7)c6c5)cccc4c2cc1n3-c1nc2ccccc2o1. The number of para-hydroxylation sites is 5. The van der Waals surface area contributed by atoms with Crippen LogP contribution in [0.2, 0.25) is 0 Å². The van der Waals surface area contributed by atoms with Gasteiger partial charge >= 0.3 is 6.01 Å². The van der Waals surface area contributed by atoms with Crippen molar-refractivity contribution in [2.45, 2.75) is 0 Å². The molecule has 306 valence electrons. The van der Waals surface area contributed by atoms with Gasteiger partial charge in [-0.3, -0.25) is 9.13 Å². The van der Waals surface area contributed by atoms with Gasteiger partial charge in [-0.05, 0) is 87.8 Å². The first kappa shape index (κ1) is 34.7. The highest BCUT2D eigenvalue weighted by atomic mass is 32.1. The van der Waals surface area contributed by atoms with Gasteiger partial charge in [-0.1, -0.05) is 133 Å². The summed E-state index contributed by atoms with van der Waals surface area (Å²) < 4.78 is 26.1. The van der Waals surface area contributed by atoms with Crippen LogP contribution in [0.4, 0.5) is 0 Å². The molecule has 0 aliphatic carbocycles. The Morgan fingerprint density at radius 2 is 1.08 bits per heavy atom. The number of furan rings is 2. The Hall–Kier alpha value is -8.72. The Morgan fingerprint density at radius 3 is 1.94 bits per heavy atom. The number of rotatable bonds is 3. The lowest BCUT2D eigenvalue weighted by atomic mass is 9.97. The van der Waals surface area contributed by atoms with Crippen LogP contribution in [-0.4, -0.2) is 19.1 Å². The second-order valence-electron chi connectivity index (χ2n) is 17.3. The fourth-order valence-electron chi connectivity index (χ4n) is 10.9. The van der Waals surface area contributed by atoms with Crippen molar-refractivity contribution in [1.29, 1.82) is 0 Å². The summed E-state index contributed by atoms with van der Waals surface area (Å²) >= 11 is 1.69. The monoisotopic (exact) mass is 862 g/mol. The second-order valence-corrected chi connectivity index (χ2v) is 18.3. The maximum Gasteiger partial charge on any atom is 0.307 e. The van der Waals surface area contributed by atoms with Crippen LogP contribution < -0.4 is 0 Å². The second kappa shape index (κ2) is 12.5. The Labute approximate surface area is 376 Å². The molecule has 6 aromatic heterocycles. The van der Waals surface area contributed by atoms with Crippen molar-refractivity contribution in [3.63, 3.8) is 0 Å². The normalized spacial score (nSPS) is 12.5. The Bertz CT molecular complexity index is 4720. The first-order chi connectivity index (χ1) is 32.7. The zero-order valence-electron chi connectivity index (χ0n) is 34.7. The minimum Gasteiger partial charge on any atom is -0.455 e. The molecule has 0 amide bonds. The molecule has 0 aliphatic rings. The zero-order valence-corrected chi connectivity index (χ0v) is 35.6. The van der Waals surface area contributed by atoms with E-state index in [2.05, 4.69) is 161 Å². The molecular weight excluding hydrogens is 833 g/mol. The Balaban J connectivity index is 0.982. The summed E-state index contributed by atoms with van der Waals surface area (Å²) in [5, 5.41) is 14.3. The van der Waals surface area contributed by atoms with Crippen molar-refractivity contribution < 1.29 is 13.3 Å². The molecule has 0 fully saturated rings. The molecular formula is C58H30N4O3S. The van der Waals surface area contributed by atoms with E-state index in [4.69, 9.17) is 23.2 Å². The van der Waals surface area contributed by atoms with Crippen molar-refractivity contribution in [1.82, 2.24) is 19.1 Å². The molecule has 0 spiro atoms. The standard InChI is InChI=1S/C58H30N4O3S/c1-2-13-32-27-46-40(26-31(32)12-1)41-30-50-42(29-47(41)61(46)57-59-43-19-6-9-22-49(43)65-57)37-18-11-17-34(55(37)64-50)33-24-25-38-45(28-33)62(58-60-44-20-7-10-23-51(44)66-58)54-52(38)35-14-3-4-15-36(35)53-39-16-5-8-21-48(39)63-56(53)54/h1-30H. The van der Waals surface area contributed by atoms with Crippen molar-refractivity contribution in [3.8, 4) is 22.3 Å². The van der Waals surface area contributed by atoms with Gasteiger partial charge in [-0.25, -0.2) is 4.98 Å². The van der Waals surface area contributed by atoms with Gasteiger partial charge in [0.1, 0.15) is 27.8 Å². The minimum atomic E-state index is 0.531. The number of nitrogens with zero attached hydrogens (tertiary/aromatic N) is 4. The first-order valence-corrected chi connectivity index (χ1v) is 22.9. The van der Waals surface area contributed by atoms with Crippen LogP contribution in [0.5, 0.6) is 0 Å². The smallest absolute Gasteiger partial charge is 0.307 e. The lowest BCUT2D eigenvalue weighted by Crippen LogP contribution is -1.94. The largest absolute Gasteiger partial charge is 0.455 e. The Morgan fingerprint density at radius 1 is 0.394 bits per heavy atom. The minimum absolute atomic E-state index is 0.531. The molecule has 8 heteroatoms. The average molecular weight is 863 g/mol. The van der Waals surface area contributed by atoms with Crippen LogP contribution >= 0.6 is 11.3 Å². The van der Waals surface area contributed by atoms with E-state index >= 15 is 0 Å². The van der Waals surface area contributed by atoms with Crippen molar-refractivity contribution in [2.24, 2.45) is 0 Å². The van der Waals surface area contributed by atoms with Gasteiger partial charge in [0, 0.05) is 48.7 Å². The van der Waals surface area contributed by atoms with Gasteiger partial charge in [0.25, 0.3) is 0 Å². The summed E-state index contributed by atoms with van der Waals surface area (Å²) in [5.41, 5.74) is 12.0. The topological polar surface area (TPSA) is 75.1 Å².